The summed E-state index contributed by atoms with van der Waals surface area (Å²) < 4.78 is 10.9. The zero-order valence-corrected chi connectivity index (χ0v) is 12.5. The average Bonchev–Trinajstić information content (AvgIpc) is 2.46. The first-order valence-corrected chi connectivity index (χ1v) is 6.90. The quantitative estimate of drug-likeness (QED) is 0.765. The monoisotopic (exact) mass is 295 g/mol. The van der Waals surface area contributed by atoms with Gasteiger partial charge in [-0.2, -0.15) is 0 Å². The molecule has 0 spiro atoms. The van der Waals surface area contributed by atoms with Gasteiger partial charge in [-0.15, -0.1) is 0 Å². The zero-order valence-electron chi connectivity index (χ0n) is 12.5. The second kappa shape index (κ2) is 8.14. The van der Waals surface area contributed by atoms with Crippen molar-refractivity contribution in [2.45, 2.75) is 20.8 Å². The Morgan fingerprint density at radius 3 is 2.38 bits per heavy atom. The lowest BCUT2D eigenvalue weighted by Gasteiger charge is -2.13. The zero-order chi connectivity index (χ0) is 15.8. The highest BCUT2D eigenvalue weighted by Crippen LogP contribution is 2.28. The van der Waals surface area contributed by atoms with Gasteiger partial charge in [-0.25, -0.2) is 0 Å². The van der Waals surface area contributed by atoms with Crippen molar-refractivity contribution in [1.29, 1.82) is 0 Å². The molecule has 6 nitrogen and oxygen atoms in total. The van der Waals surface area contributed by atoms with Crippen LogP contribution in [-0.4, -0.2) is 36.7 Å². The predicted octanol–water partition coefficient (Wildman–Crippen LogP) is 1.93. The minimum absolute atomic E-state index is 0.0747. The fourth-order valence-corrected chi connectivity index (χ4v) is 1.63. The second-order valence-electron chi connectivity index (χ2n) is 4.48. The molecule has 116 valence electrons. The fraction of sp³-hybridized carbons (Fsp3) is 0.467. The molecule has 0 aromatic heterocycles. The van der Waals surface area contributed by atoms with Gasteiger partial charge in [0.15, 0.2) is 11.5 Å². The summed E-state index contributed by atoms with van der Waals surface area (Å²) in [5, 5.41) is 11.4. The van der Waals surface area contributed by atoms with E-state index in [2.05, 4.69) is 5.32 Å². The smallest absolute Gasteiger partial charge is 0.308 e. The number of hydrogen-bond acceptors (Lipinski definition) is 4. The highest BCUT2D eigenvalue weighted by atomic mass is 16.5. The molecule has 0 aliphatic heterocycles. The molecule has 0 aliphatic carbocycles. The van der Waals surface area contributed by atoms with Crippen LogP contribution in [0.25, 0.3) is 0 Å². The first kappa shape index (κ1) is 16.8. The number of carboxylic acids is 1. The van der Waals surface area contributed by atoms with E-state index >= 15 is 0 Å². The van der Waals surface area contributed by atoms with Crippen molar-refractivity contribution < 1.29 is 24.2 Å². The van der Waals surface area contributed by atoms with E-state index in [0.29, 0.717) is 30.3 Å². The summed E-state index contributed by atoms with van der Waals surface area (Å²) in [6.07, 6.45) is 0. The topological polar surface area (TPSA) is 84.9 Å². The van der Waals surface area contributed by atoms with Crippen LogP contribution in [0.3, 0.4) is 0 Å². The van der Waals surface area contributed by atoms with Gasteiger partial charge in [0.05, 0.1) is 19.1 Å². The molecule has 1 aromatic carbocycles. The Labute approximate surface area is 124 Å². The molecule has 0 bridgehead atoms. The molecular weight excluding hydrogens is 274 g/mol. The van der Waals surface area contributed by atoms with Crippen LogP contribution in [-0.2, 0) is 4.79 Å². The molecule has 1 atom stereocenters. The lowest BCUT2D eigenvalue weighted by molar-refractivity contribution is -0.140. The highest BCUT2D eigenvalue weighted by Gasteiger charge is 2.15. The Morgan fingerprint density at radius 2 is 1.81 bits per heavy atom. The number of amides is 1. The third-order valence-electron chi connectivity index (χ3n) is 2.80. The molecule has 1 rings (SSSR count). The third kappa shape index (κ3) is 4.98. The Balaban J connectivity index is 2.80. The van der Waals surface area contributed by atoms with Gasteiger partial charge in [-0.1, -0.05) is 6.92 Å². The van der Waals surface area contributed by atoms with Gasteiger partial charge in [-0.05, 0) is 32.0 Å². The largest absolute Gasteiger partial charge is 0.490 e. The Hall–Kier alpha value is -2.24. The van der Waals surface area contributed by atoms with Crippen molar-refractivity contribution >= 4 is 11.9 Å². The minimum Gasteiger partial charge on any atom is -0.490 e. The average molecular weight is 295 g/mol. The van der Waals surface area contributed by atoms with E-state index in [1.807, 2.05) is 13.8 Å². The van der Waals surface area contributed by atoms with Gasteiger partial charge in [0, 0.05) is 12.1 Å². The molecular formula is C15H21NO5. The maximum Gasteiger partial charge on any atom is 0.308 e. The van der Waals surface area contributed by atoms with Gasteiger partial charge in [0.2, 0.25) is 0 Å². The van der Waals surface area contributed by atoms with Crippen LogP contribution in [0.2, 0.25) is 0 Å². The molecule has 1 amide bonds. The number of carboxylic acid groups (broad SMARTS) is 1. The Morgan fingerprint density at radius 1 is 1.19 bits per heavy atom. The van der Waals surface area contributed by atoms with Crippen LogP contribution in [0.5, 0.6) is 11.5 Å². The van der Waals surface area contributed by atoms with Gasteiger partial charge in [0.25, 0.3) is 5.91 Å². The van der Waals surface area contributed by atoms with Crippen molar-refractivity contribution in [2.24, 2.45) is 5.92 Å². The first-order chi connectivity index (χ1) is 9.99. The summed E-state index contributed by atoms with van der Waals surface area (Å²) in [7, 11) is 0. The van der Waals surface area contributed by atoms with Crippen LogP contribution in [0.4, 0.5) is 0 Å². The SMILES string of the molecule is CCOc1ccc(C(=O)NCC(C)C(=O)O)cc1OCC. The summed E-state index contributed by atoms with van der Waals surface area (Å²) in [4.78, 5) is 22.7. The molecule has 0 saturated heterocycles. The molecule has 2 N–H and O–H groups in total. The van der Waals surface area contributed by atoms with E-state index in [0.717, 1.165) is 0 Å². The van der Waals surface area contributed by atoms with Crippen molar-refractivity contribution in [1.82, 2.24) is 5.32 Å². The van der Waals surface area contributed by atoms with E-state index in [-0.39, 0.29) is 12.5 Å². The third-order valence-corrected chi connectivity index (χ3v) is 2.80. The summed E-state index contributed by atoms with van der Waals surface area (Å²) in [6.45, 7) is 6.28. The Kier molecular flexibility index (Phi) is 6.52. The van der Waals surface area contributed by atoms with Crippen LogP contribution >= 0.6 is 0 Å². The van der Waals surface area contributed by atoms with E-state index in [4.69, 9.17) is 14.6 Å². The van der Waals surface area contributed by atoms with Crippen molar-refractivity contribution in [2.75, 3.05) is 19.8 Å². The van der Waals surface area contributed by atoms with Gasteiger partial charge >= 0.3 is 5.97 Å². The maximum atomic E-state index is 12.0. The second-order valence-corrected chi connectivity index (χ2v) is 4.48. The number of carbonyl (C=O) groups is 2. The predicted molar refractivity (Wildman–Crippen MR) is 77.9 cm³/mol. The summed E-state index contributed by atoms with van der Waals surface area (Å²) >= 11 is 0. The number of ether oxygens (including phenoxy) is 2. The maximum absolute atomic E-state index is 12.0. The summed E-state index contributed by atoms with van der Waals surface area (Å²) in [5.74, 6) is -0.847. The molecule has 21 heavy (non-hydrogen) atoms. The minimum atomic E-state index is -0.947. The lowest BCUT2D eigenvalue weighted by Crippen LogP contribution is -2.31. The van der Waals surface area contributed by atoms with Crippen LogP contribution in [0, 0.1) is 5.92 Å². The van der Waals surface area contributed by atoms with Crippen LogP contribution < -0.4 is 14.8 Å². The van der Waals surface area contributed by atoms with Crippen molar-refractivity contribution in [3.63, 3.8) is 0 Å². The van der Waals surface area contributed by atoms with Crippen molar-refractivity contribution in [3.05, 3.63) is 23.8 Å². The molecule has 1 unspecified atom stereocenters. The molecule has 0 heterocycles. The summed E-state index contributed by atoms with van der Waals surface area (Å²) in [6, 6.07) is 4.88. The van der Waals surface area contributed by atoms with E-state index in [1.165, 1.54) is 6.92 Å². The molecule has 0 aliphatic rings. The van der Waals surface area contributed by atoms with Gasteiger partial charge < -0.3 is 19.9 Å². The Bertz CT molecular complexity index is 501. The number of carbonyl (C=O) groups excluding carboxylic acids is 1. The molecule has 0 fully saturated rings. The molecule has 0 saturated carbocycles. The highest BCUT2D eigenvalue weighted by molar-refractivity contribution is 5.95. The lowest BCUT2D eigenvalue weighted by atomic mass is 10.1. The first-order valence-electron chi connectivity index (χ1n) is 6.90. The molecule has 1 aromatic rings. The summed E-state index contributed by atoms with van der Waals surface area (Å²) in [5.41, 5.74) is 0.402. The number of nitrogens with one attached hydrogen (secondary N) is 1. The normalized spacial score (nSPS) is 11.6. The number of rotatable bonds is 8. The molecule has 0 radical (unpaired) electrons. The fourth-order valence-electron chi connectivity index (χ4n) is 1.63. The van der Waals surface area contributed by atoms with Crippen LogP contribution in [0.15, 0.2) is 18.2 Å². The van der Waals surface area contributed by atoms with Gasteiger partial charge in [0.1, 0.15) is 0 Å². The molecule has 6 heteroatoms. The van der Waals surface area contributed by atoms with Crippen LogP contribution in [0.1, 0.15) is 31.1 Å². The standard InChI is InChI=1S/C15H21NO5/c1-4-20-12-7-6-11(8-13(12)21-5-2)14(17)16-9-10(3)15(18)19/h6-8,10H,4-5,9H2,1-3H3,(H,16,17)(H,18,19). The van der Waals surface area contributed by atoms with E-state index in [9.17, 15) is 9.59 Å². The number of benzene rings is 1. The number of aliphatic carboxylic acids is 1. The van der Waals surface area contributed by atoms with E-state index < -0.39 is 11.9 Å². The van der Waals surface area contributed by atoms with Crippen molar-refractivity contribution in [3.8, 4) is 11.5 Å². The van der Waals surface area contributed by atoms with Gasteiger partial charge in [-0.3, -0.25) is 9.59 Å². The number of hydrogen-bond donors (Lipinski definition) is 2. The van der Waals surface area contributed by atoms with E-state index in [1.54, 1.807) is 18.2 Å².